The Bertz CT molecular complexity index is 1180. The van der Waals surface area contributed by atoms with Gasteiger partial charge < -0.3 is 24.5 Å². The Morgan fingerprint density at radius 1 is 0.744 bits per heavy atom. The molecule has 1 N–H and O–H groups in total. The van der Waals surface area contributed by atoms with E-state index in [0.29, 0.717) is 24.0 Å². The second kappa shape index (κ2) is 17.6. The molecule has 0 heterocycles. The van der Waals surface area contributed by atoms with E-state index in [2.05, 4.69) is 13.2 Å². The number of carbonyl (C=O) groups is 4. The van der Waals surface area contributed by atoms with Gasteiger partial charge in [-0.05, 0) is 48.3 Å². The van der Waals surface area contributed by atoms with Crippen molar-refractivity contribution in [2.75, 3.05) is 13.2 Å². The van der Waals surface area contributed by atoms with Gasteiger partial charge in [0.1, 0.15) is 28.2 Å². The molecule has 13 heteroatoms. The molecule has 0 saturated carbocycles. The van der Waals surface area contributed by atoms with Crippen molar-refractivity contribution in [3.63, 3.8) is 0 Å². The minimum Gasteiger partial charge on any atom is -0.546 e. The van der Waals surface area contributed by atoms with Crippen LogP contribution in [0.15, 0.2) is 48.6 Å². The van der Waals surface area contributed by atoms with Crippen LogP contribution in [0.2, 0.25) is 20.1 Å². The zero-order chi connectivity index (χ0) is 29.2. The maximum absolute atomic E-state index is 11.9. The molecule has 0 atom stereocenters. The third kappa shape index (κ3) is 10.8. The Kier molecular flexibility index (Phi) is 16.7. The van der Waals surface area contributed by atoms with Crippen molar-refractivity contribution in [2.24, 2.45) is 0 Å². The van der Waals surface area contributed by atoms with E-state index in [-0.39, 0.29) is 83.8 Å². The fourth-order valence-corrected chi connectivity index (χ4v) is 3.54. The Labute approximate surface area is 267 Å². The number of ketones is 2. The number of carboxylic acid groups (broad SMARTS) is 2. The molecule has 0 amide bonds. The quantitative estimate of drug-likeness (QED) is 0.216. The molecule has 8 nitrogen and oxygen atoms in total. The molecule has 2 aromatic rings. The summed E-state index contributed by atoms with van der Waals surface area (Å²) in [7, 11) is 0. The molecule has 0 fully saturated rings. The van der Waals surface area contributed by atoms with E-state index in [1.165, 1.54) is 24.3 Å². The number of Topliss-reactive ketones (excluding diaryl/α,β-unsaturated/α-hetero) is 2. The van der Waals surface area contributed by atoms with Crippen LogP contribution < -0.4 is 44.1 Å². The van der Waals surface area contributed by atoms with Crippen molar-refractivity contribution in [2.45, 2.75) is 26.7 Å². The zero-order valence-corrected chi connectivity index (χ0v) is 26.4. The standard InChI is InChI=1S/2C13H12Cl2O4.Na/c2*1-3-7(2)13(18)8-4-5-9(12(15)11(8)14)19-6-10(16)17;/h2*4-5H,2-3,6H2,1H3,(H,16,17);/q;;+1/p-1. The first kappa shape index (κ1) is 37.0. The fourth-order valence-electron chi connectivity index (χ4n) is 2.62. The van der Waals surface area contributed by atoms with Crippen LogP contribution in [0.25, 0.3) is 0 Å². The van der Waals surface area contributed by atoms with Crippen LogP contribution >= 0.6 is 46.4 Å². The van der Waals surface area contributed by atoms with Gasteiger partial charge in [0.2, 0.25) is 0 Å². The van der Waals surface area contributed by atoms with E-state index < -0.39 is 25.2 Å². The van der Waals surface area contributed by atoms with Crippen LogP contribution in [0.5, 0.6) is 11.5 Å². The Hall–Kier alpha value is -2.04. The molecule has 2 aromatic carbocycles. The summed E-state index contributed by atoms with van der Waals surface area (Å²) in [6.07, 6.45) is 1.000. The molecule has 2 rings (SSSR count). The van der Waals surface area contributed by atoms with Crippen molar-refractivity contribution in [1.29, 1.82) is 0 Å². The van der Waals surface area contributed by atoms with Crippen LogP contribution in [-0.4, -0.2) is 41.8 Å². The summed E-state index contributed by atoms with van der Waals surface area (Å²) in [5, 5.41) is 18.8. The number of benzene rings is 2. The topological polar surface area (TPSA) is 130 Å². The van der Waals surface area contributed by atoms with Gasteiger partial charge in [0.05, 0.1) is 16.0 Å². The van der Waals surface area contributed by atoms with Crippen molar-refractivity contribution in [3.8, 4) is 11.5 Å². The summed E-state index contributed by atoms with van der Waals surface area (Å²) < 4.78 is 9.84. The summed E-state index contributed by atoms with van der Waals surface area (Å²) in [6.45, 7) is 9.70. The van der Waals surface area contributed by atoms with Crippen molar-refractivity contribution >= 4 is 69.9 Å². The van der Waals surface area contributed by atoms with E-state index >= 15 is 0 Å². The van der Waals surface area contributed by atoms with E-state index in [9.17, 15) is 24.3 Å². The van der Waals surface area contributed by atoms with Gasteiger partial charge >= 0.3 is 35.5 Å². The van der Waals surface area contributed by atoms with Gasteiger partial charge in [0.25, 0.3) is 0 Å². The number of hydrogen-bond donors (Lipinski definition) is 1. The Morgan fingerprint density at radius 3 is 1.41 bits per heavy atom. The van der Waals surface area contributed by atoms with Gasteiger partial charge in [0, 0.05) is 11.1 Å². The predicted octanol–water partition coefficient (Wildman–Crippen LogP) is 2.88. The molecule has 0 bridgehead atoms. The Morgan fingerprint density at radius 2 is 1.10 bits per heavy atom. The molecule has 39 heavy (non-hydrogen) atoms. The SMILES string of the molecule is C=C(CC)C(=O)c1ccc(OCC(=O)O)c(Cl)c1Cl.C=C(CC)C(=O)c1ccc(OCC(=O)[O-])c(Cl)c1Cl.[Na+]. The summed E-state index contributed by atoms with van der Waals surface area (Å²) in [4.78, 5) is 44.6. The van der Waals surface area contributed by atoms with Crippen LogP contribution in [0.3, 0.4) is 0 Å². The van der Waals surface area contributed by atoms with Gasteiger partial charge in [-0.15, -0.1) is 0 Å². The second-order valence-electron chi connectivity index (χ2n) is 7.39. The number of halogens is 4. The van der Waals surface area contributed by atoms with E-state index in [4.69, 9.17) is 61.0 Å². The molecule has 0 aliphatic carbocycles. The predicted molar refractivity (Wildman–Crippen MR) is 144 cm³/mol. The number of carbonyl (C=O) groups excluding carboxylic acids is 3. The molecule has 0 spiro atoms. The van der Waals surface area contributed by atoms with Crippen LogP contribution in [0.1, 0.15) is 47.4 Å². The summed E-state index contributed by atoms with van der Waals surface area (Å²) in [6, 6.07) is 5.65. The molecule has 0 aromatic heterocycles. The first-order valence-electron chi connectivity index (χ1n) is 10.8. The first-order valence-corrected chi connectivity index (χ1v) is 12.4. The average molecular weight is 628 g/mol. The monoisotopic (exact) mass is 626 g/mol. The van der Waals surface area contributed by atoms with Crippen molar-refractivity contribution in [3.05, 3.63) is 79.8 Å². The number of ether oxygens (including phenoxy) is 2. The smallest absolute Gasteiger partial charge is 0.546 e. The van der Waals surface area contributed by atoms with Gasteiger partial charge in [0.15, 0.2) is 18.2 Å². The molecule has 0 saturated heterocycles. The molecule has 0 radical (unpaired) electrons. The molecule has 0 aliphatic rings. The van der Waals surface area contributed by atoms with Gasteiger partial charge in [-0.1, -0.05) is 73.4 Å². The van der Waals surface area contributed by atoms with Gasteiger partial charge in [-0.25, -0.2) is 4.79 Å². The normalized spacial score (nSPS) is 9.79. The van der Waals surface area contributed by atoms with Gasteiger partial charge in [-0.3, -0.25) is 9.59 Å². The average Bonchev–Trinajstić information content (AvgIpc) is 2.88. The number of rotatable bonds is 12. The number of carboxylic acids is 2. The summed E-state index contributed by atoms with van der Waals surface area (Å²) in [5.41, 5.74) is 1.25. The molecular weight excluding hydrogens is 605 g/mol. The van der Waals surface area contributed by atoms with Crippen molar-refractivity contribution in [1.82, 2.24) is 0 Å². The molecular formula is C26H23Cl4NaO8. The van der Waals surface area contributed by atoms with Crippen molar-refractivity contribution < 1.29 is 68.4 Å². The van der Waals surface area contributed by atoms with Crippen LogP contribution in [0.4, 0.5) is 0 Å². The largest absolute Gasteiger partial charge is 1.00 e. The maximum atomic E-state index is 11.9. The minimum atomic E-state index is -1.38. The molecule has 0 aliphatic heterocycles. The third-order valence-electron chi connectivity index (χ3n) is 4.78. The molecule has 0 unspecified atom stereocenters. The first-order chi connectivity index (χ1) is 17.8. The van der Waals surface area contributed by atoms with Gasteiger partial charge in [-0.2, -0.15) is 0 Å². The minimum absolute atomic E-state index is 0. The second-order valence-corrected chi connectivity index (χ2v) is 8.91. The third-order valence-corrected chi connectivity index (χ3v) is 6.50. The van der Waals surface area contributed by atoms with Crippen LogP contribution in [0, 0.1) is 0 Å². The maximum Gasteiger partial charge on any atom is 1.00 e. The number of allylic oxidation sites excluding steroid dienone is 2. The van der Waals surface area contributed by atoms with E-state index in [1.54, 1.807) is 13.8 Å². The fraction of sp³-hybridized carbons (Fsp3) is 0.231. The number of aliphatic carboxylic acids is 2. The molecule has 204 valence electrons. The van der Waals surface area contributed by atoms with E-state index in [0.717, 1.165) is 0 Å². The van der Waals surface area contributed by atoms with E-state index in [1.807, 2.05) is 0 Å². The van der Waals surface area contributed by atoms with Crippen LogP contribution in [-0.2, 0) is 9.59 Å². The zero-order valence-electron chi connectivity index (χ0n) is 21.4. The summed E-state index contributed by atoms with van der Waals surface area (Å²) >= 11 is 23.8. The number of hydrogen-bond acceptors (Lipinski definition) is 7. The summed E-state index contributed by atoms with van der Waals surface area (Å²) in [5.74, 6) is -2.92. The Balaban J connectivity index is 0.000000722.